The third-order valence-electron chi connectivity index (χ3n) is 0. The highest BCUT2D eigenvalue weighted by atomic mass is 35.5. The van der Waals surface area contributed by atoms with Gasteiger partial charge in [0.05, 0.1) is 0 Å². The number of carbonyl (C=O) groups is 1. The van der Waals surface area contributed by atoms with Crippen molar-refractivity contribution >= 4 is 27.7 Å². The molecule has 0 aliphatic rings. The number of hydrogen-bond acceptors (Lipinski definition) is 1. The molecule has 0 radical (unpaired) electrons. The van der Waals surface area contributed by atoms with Crippen molar-refractivity contribution in [3.8, 4) is 0 Å². The standard InChI is InChI=1S/CH3OP.ClH/c2-1-3;/h1H,3H2;1H. The lowest BCUT2D eigenvalue weighted by Gasteiger charge is -1.24. The van der Waals surface area contributed by atoms with Crippen LogP contribution in [0.4, 0.5) is 0 Å². The van der Waals surface area contributed by atoms with Crippen LogP contribution in [0.3, 0.4) is 0 Å². The van der Waals surface area contributed by atoms with Gasteiger partial charge in [-0.25, -0.2) is 0 Å². The largest absolute Gasteiger partial charge is 0.299 e. The normalized spacial score (nSPS) is 3.25. The molecule has 1 nitrogen and oxygen atoms in total. The predicted octanol–water partition coefficient (Wildman–Crippen LogP) is 0.473. The summed E-state index contributed by atoms with van der Waals surface area (Å²) in [5.74, 6) is 0. The van der Waals surface area contributed by atoms with Gasteiger partial charge >= 0.3 is 0 Å². The molecule has 0 aliphatic heterocycles. The van der Waals surface area contributed by atoms with E-state index in [-0.39, 0.29) is 12.4 Å². The minimum absolute atomic E-state index is 0. The van der Waals surface area contributed by atoms with Gasteiger partial charge in [-0.1, -0.05) is 9.24 Å². The summed E-state index contributed by atoms with van der Waals surface area (Å²) in [7, 11) is 1.90. The monoisotopic (exact) mass is 98.0 g/mol. The SMILES string of the molecule is Cl.O=CP. The molecule has 0 heterocycles. The quantitative estimate of drug-likeness (QED) is 0.318. The second-order valence-corrected chi connectivity index (χ2v) is 0.408. The van der Waals surface area contributed by atoms with E-state index in [2.05, 4.69) is 0 Å². The summed E-state index contributed by atoms with van der Waals surface area (Å²) in [6.45, 7) is 0. The zero-order valence-corrected chi connectivity index (χ0v) is 3.94. The van der Waals surface area contributed by atoms with Crippen molar-refractivity contribution in [2.24, 2.45) is 0 Å². The van der Waals surface area contributed by atoms with E-state index in [0.29, 0.717) is 6.03 Å². The van der Waals surface area contributed by atoms with Crippen LogP contribution in [-0.4, -0.2) is 6.03 Å². The van der Waals surface area contributed by atoms with E-state index in [1.807, 2.05) is 9.24 Å². The molecule has 0 rings (SSSR count). The molecule has 0 saturated heterocycles. The summed E-state index contributed by atoms with van der Waals surface area (Å²) >= 11 is 0. The molecule has 0 aromatic heterocycles. The van der Waals surface area contributed by atoms with Crippen molar-refractivity contribution in [1.82, 2.24) is 0 Å². The first-order valence-corrected chi connectivity index (χ1v) is 1.24. The van der Waals surface area contributed by atoms with E-state index < -0.39 is 0 Å². The Hall–Kier alpha value is 0.390. The molecule has 0 amide bonds. The van der Waals surface area contributed by atoms with Crippen molar-refractivity contribution in [3.63, 3.8) is 0 Å². The molecule has 0 fully saturated rings. The molecule has 1 unspecified atom stereocenters. The van der Waals surface area contributed by atoms with Crippen LogP contribution in [0.25, 0.3) is 0 Å². The highest BCUT2D eigenvalue weighted by molar-refractivity contribution is 7.36. The Morgan fingerprint density at radius 3 is 1.75 bits per heavy atom. The maximum atomic E-state index is 8.77. The fraction of sp³-hybridized carbons (Fsp3) is 0. The van der Waals surface area contributed by atoms with Gasteiger partial charge in [-0.15, -0.1) is 12.4 Å². The van der Waals surface area contributed by atoms with Gasteiger partial charge in [0.25, 0.3) is 0 Å². The summed E-state index contributed by atoms with van der Waals surface area (Å²) < 4.78 is 0. The molecule has 0 aliphatic carbocycles. The van der Waals surface area contributed by atoms with Crippen LogP contribution >= 0.6 is 21.6 Å². The van der Waals surface area contributed by atoms with Crippen molar-refractivity contribution in [2.75, 3.05) is 0 Å². The summed E-state index contributed by atoms with van der Waals surface area (Å²) in [6.07, 6.45) is 0. The van der Waals surface area contributed by atoms with Gasteiger partial charge in [-0.2, -0.15) is 0 Å². The highest BCUT2D eigenvalue weighted by Crippen LogP contribution is 1.53. The summed E-state index contributed by atoms with van der Waals surface area (Å²) in [6, 6.07) is 0.667. The van der Waals surface area contributed by atoms with Crippen molar-refractivity contribution in [3.05, 3.63) is 0 Å². The van der Waals surface area contributed by atoms with Gasteiger partial charge < -0.3 is 0 Å². The molecule has 0 aromatic carbocycles. The number of rotatable bonds is 0. The maximum Gasteiger partial charge on any atom is 0.135 e. The van der Waals surface area contributed by atoms with Crippen LogP contribution in [0, 0.1) is 0 Å². The minimum Gasteiger partial charge on any atom is -0.299 e. The first-order chi connectivity index (χ1) is 1.41. The zero-order valence-electron chi connectivity index (χ0n) is 1.97. The topological polar surface area (TPSA) is 17.1 Å². The Balaban J connectivity index is 0. The van der Waals surface area contributed by atoms with Crippen LogP contribution in [-0.2, 0) is 4.79 Å². The number of carbonyl (C=O) groups excluding carboxylic acids is 1. The van der Waals surface area contributed by atoms with E-state index in [1.165, 1.54) is 0 Å². The smallest absolute Gasteiger partial charge is 0.135 e. The van der Waals surface area contributed by atoms with Crippen LogP contribution in [0.1, 0.15) is 0 Å². The Morgan fingerprint density at radius 1 is 1.75 bits per heavy atom. The molecular weight excluding hydrogens is 94.4 g/mol. The van der Waals surface area contributed by atoms with E-state index in [1.54, 1.807) is 0 Å². The second-order valence-electron chi connectivity index (χ2n) is 0.136. The molecule has 0 spiro atoms. The zero-order chi connectivity index (χ0) is 2.71. The lowest BCUT2D eigenvalue weighted by atomic mass is 11.8. The van der Waals surface area contributed by atoms with Gasteiger partial charge in [0.2, 0.25) is 0 Å². The lowest BCUT2D eigenvalue weighted by Crippen LogP contribution is -1.22. The summed E-state index contributed by atoms with van der Waals surface area (Å²) in [5, 5.41) is 0. The maximum absolute atomic E-state index is 8.77. The average molecular weight is 98.5 g/mol. The van der Waals surface area contributed by atoms with Crippen molar-refractivity contribution in [2.45, 2.75) is 0 Å². The van der Waals surface area contributed by atoms with Crippen molar-refractivity contribution in [1.29, 1.82) is 0 Å². The van der Waals surface area contributed by atoms with E-state index in [0.717, 1.165) is 0 Å². The fourth-order valence-electron chi connectivity index (χ4n) is 0. The highest BCUT2D eigenvalue weighted by Gasteiger charge is 1.23. The van der Waals surface area contributed by atoms with Crippen LogP contribution in [0.5, 0.6) is 0 Å². The van der Waals surface area contributed by atoms with Gasteiger partial charge in [0, 0.05) is 0 Å². The average Bonchev–Trinajstić information content (AvgIpc) is 0.918. The Morgan fingerprint density at radius 2 is 1.75 bits per heavy atom. The molecule has 0 saturated carbocycles. The first kappa shape index (κ1) is 8.83. The van der Waals surface area contributed by atoms with Gasteiger partial charge in [0.1, 0.15) is 6.03 Å². The molecule has 0 aromatic rings. The molecule has 3 heteroatoms. The molecule has 0 N–H and O–H groups in total. The van der Waals surface area contributed by atoms with Crippen molar-refractivity contribution < 1.29 is 4.79 Å². The summed E-state index contributed by atoms with van der Waals surface area (Å²) in [4.78, 5) is 8.77. The van der Waals surface area contributed by atoms with E-state index in [4.69, 9.17) is 4.79 Å². The summed E-state index contributed by atoms with van der Waals surface area (Å²) in [5.41, 5.74) is 0. The van der Waals surface area contributed by atoms with Crippen LogP contribution < -0.4 is 0 Å². The Bertz CT molecular complexity index is 15.5. The lowest BCUT2D eigenvalue weighted by molar-refractivity contribution is 0.570. The minimum atomic E-state index is 0. The van der Waals surface area contributed by atoms with Gasteiger partial charge in [-0.05, 0) is 0 Å². The fourth-order valence-corrected chi connectivity index (χ4v) is 0. The molecule has 1 atom stereocenters. The second kappa shape index (κ2) is 10.0. The van der Waals surface area contributed by atoms with E-state index >= 15 is 0 Å². The third-order valence-corrected chi connectivity index (χ3v) is 0. The number of hydrogen-bond donors (Lipinski definition) is 0. The van der Waals surface area contributed by atoms with Gasteiger partial charge in [-0.3, -0.25) is 4.79 Å². The van der Waals surface area contributed by atoms with Crippen LogP contribution in [0.2, 0.25) is 0 Å². The number of halogens is 1. The van der Waals surface area contributed by atoms with Gasteiger partial charge in [0.15, 0.2) is 0 Å². The Labute approximate surface area is 33.4 Å². The molecule has 4 heavy (non-hydrogen) atoms. The molecule has 26 valence electrons. The third kappa shape index (κ3) is 30.4. The predicted molar refractivity (Wildman–Crippen MR) is 23.7 cm³/mol. The van der Waals surface area contributed by atoms with E-state index in [9.17, 15) is 0 Å². The molecular formula is CH4ClOP. The molecule has 0 bridgehead atoms. The van der Waals surface area contributed by atoms with Crippen LogP contribution in [0.15, 0.2) is 0 Å². The Kier molecular flexibility index (Phi) is 22.1. The first-order valence-electron chi connectivity index (χ1n) is 0.569.